The Kier molecular flexibility index (Phi) is 5.58. The molecule has 0 aromatic carbocycles. The van der Waals surface area contributed by atoms with Crippen LogP contribution in [0.1, 0.15) is 24.6 Å². The minimum atomic E-state index is -3.52. The van der Waals surface area contributed by atoms with E-state index in [-0.39, 0.29) is 11.5 Å². The first-order valence-corrected chi connectivity index (χ1v) is 9.30. The molecule has 2 N–H and O–H groups in total. The number of sulfonamides is 1. The third-order valence-corrected chi connectivity index (χ3v) is 5.34. The lowest BCUT2D eigenvalue weighted by Gasteiger charge is -2.04. The molecule has 7 heteroatoms. The average Bonchev–Trinajstić information content (AvgIpc) is 3.08. The Hall–Kier alpha value is -1.15. The Morgan fingerprint density at radius 2 is 2.24 bits per heavy atom. The van der Waals surface area contributed by atoms with E-state index in [1.165, 1.54) is 6.07 Å². The molecule has 2 aromatic rings. The molecular formula is C14H20N2O3S2. The first-order valence-electron chi connectivity index (χ1n) is 6.87. The van der Waals surface area contributed by atoms with Crippen LogP contribution in [0.3, 0.4) is 0 Å². The molecule has 0 aliphatic heterocycles. The molecule has 0 radical (unpaired) electrons. The standard InChI is InChI=1S/C14H20N2O3S2/c1-2-6-16-9-14(8-13(16)10-17)21(18,19)15-5-3-12-4-7-20-11-12/h4,7-9,11,15,17H,2-3,5-6,10H2,1H3. The molecule has 2 rings (SSSR count). The predicted molar refractivity (Wildman–Crippen MR) is 83.9 cm³/mol. The van der Waals surface area contributed by atoms with Gasteiger partial charge in [-0.15, -0.1) is 0 Å². The highest BCUT2D eigenvalue weighted by molar-refractivity contribution is 7.89. The molecule has 0 bridgehead atoms. The zero-order valence-corrected chi connectivity index (χ0v) is 13.6. The number of nitrogens with zero attached hydrogens (tertiary/aromatic N) is 1. The summed E-state index contributed by atoms with van der Waals surface area (Å²) in [6.45, 7) is 2.91. The largest absolute Gasteiger partial charge is 0.390 e. The normalized spacial score (nSPS) is 11.9. The van der Waals surface area contributed by atoms with Crippen molar-refractivity contribution < 1.29 is 13.5 Å². The summed E-state index contributed by atoms with van der Waals surface area (Å²) in [7, 11) is -3.52. The highest BCUT2D eigenvalue weighted by atomic mass is 32.2. The number of hydrogen-bond acceptors (Lipinski definition) is 4. The maximum atomic E-state index is 12.2. The summed E-state index contributed by atoms with van der Waals surface area (Å²) in [5.41, 5.74) is 1.75. The molecular weight excluding hydrogens is 308 g/mol. The van der Waals surface area contributed by atoms with Gasteiger partial charge >= 0.3 is 0 Å². The minimum absolute atomic E-state index is 0.162. The fourth-order valence-corrected chi connectivity index (χ4v) is 3.90. The van der Waals surface area contributed by atoms with Crippen LogP contribution in [-0.4, -0.2) is 24.6 Å². The molecule has 5 nitrogen and oxygen atoms in total. The SMILES string of the molecule is CCCn1cc(S(=O)(=O)NCCc2ccsc2)cc1CO. The lowest BCUT2D eigenvalue weighted by atomic mass is 10.2. The Morgan fingerprint density at radius 1 is 1.43 bits per heavy atom. The lowest BCUT2D eigenvalue weighted by Crippen LogP contribution is -2.25. The van der Waals surface area contributed by atoms with Gasteiger partial charge in [0.2, 0.25) is 10.0 Å². The van der Waals surface area contributed by atoms with Crippen molar-refractivity contribution in [1.29, 1.82) is 0 Å². The molecule has 0 aliphatic carbocycles. The van der Waals surface area contributed by atoms with Crippen LogP contribution >= 0.6 is 11.3 Å². The molecule has 0 unspecified atom stereocenters. The van der Waals surface area contributed by atoms with Crippen LogP contribution in [0.2, 0.25) is 0 Å². The third-order valence-electron chi connectivity index (χ3n) is 3.18. The van der Waals surface area contributed by atoms with Gasteiger partial charge in [0, 0.05) is 25.0 Å². The summed E-state index contributed by atoms with van der Waals surface area (Å²) in [6, 6.07) is 3.52. The number of thiophene rings is 1. The van der Waals surface area contributed by atoms with Crippen LogP contribution in [0, 0.1) is 0 Å². The number of aliphatic hydroxyl groups excluding tert-OH is 1. The van der Waals surface area contributed by atoms with Gasteiger partial charge in [-0.2, -0.15) is 11.3 Å². The smallest absolute Gasteiger partial charge is 0.242 e. The maximum Gasteiger partial charge on any atom is 0.242 e. The topological polar surface area (TPSA) is 71.3 Å². The number of aryl methyl sites for hydroxylation is 1. The van der Waals surface area contributed by atoms with Crippen molar-refractivity contribution in [1.82, 2.24) is 9.29 Å². The first kappa shape index (κ1) is 16.2. The van der Waals surface area contributed by atoms with Crippen molar-refractivity contribution in [3.05, 3.63) is 40.3 Å². The third kappa shape index (κ3) is 4.16. The van der Waals surface area contributed by atoms with E-state index in [4.69, 9.17) is 0 Å². The Bertz CT molecular complexity index is 660. The van der Waals surface area contributed by atoms with Gasteiger partial charge in [0.1, 0.15) is 0 Å². The zero-order chi connectivity index (χ0) is 15.3. The summed E-state index contributed by atoms with van der Waals surface area (Å²) in [5.74, 6) is 0. The average molecular weight is 328 g/mol. The van der Waals surface area contributed by atoms with Crippen LogP contribution in [0.5, 0.6) is 0 Å². The molecule has 0 aliphatic rings. The van der Waals surface area contributed by atoms with Crippen LogP contribution in [0.4, 0.5) is 0 Å². The number of rotatable bonds is 8. The fourth-order valence-electron chi connectivity index (χ4n) is 2.10. The minimum Gasteiger partial charge on any atom is -0.390 e. The molecule has 0 spiro atoms. The molecule has 0 saturated carbocycles. The second kappa shape index (κ2) is 7.22. The summed E-state index contributed by atoms with van der Waals surface area (Å²) in [5, 5.41) is 13.3. The molecule has 21 heavy (non-hydrogen) atoms. The van der Waals surface area contributed by atoms with Gasteiger partial charge in [0.15, 0.2) is 0 Å². The van der Waals surface area contributed by atoms with Crippen LogP contribution in [0.25, 0.3) is 0 Å². The van der Waals surface area contributed by atoms with Crippen molar-refractivity contribution >= 4 is 21.4 Å². The van der Waals surface area contributed by atoms with E-state index in [1.54, 1.807) is 22.1 Å². The Labute approximate surface area is 129 Å². The predicted octanol–water partition coefficient (Wildman–Crippen LogP) is 1.97. The van der Waals surface area contributed by atoms with Crippen LogP contribution in [0.15, 0.2) is 34.0 Å². The number of aromatic nitrogens is 1. The molecule has 0 atom stereocenters. The van der Waals surface area contributed by atoms with Crippen LogP contribution in [-0.2, 0) is 29.6 Å². The highest BCUT2D eigenvalue weighted by Gasteiger charge is 2.17. The first-order chi connectivity index (χ1) is 10.1. The van der Waals surface area contributed by atoms with Gasteiger partial charge in [0.05, 0.1) is 11.5 Å². The number of hydrogen-bond donors (Lipinski definition) is 2. The van der Waals surface area contributed by atoms with E-state index in [2.05, 4.69) is 4.72 Å². The van der Waals surface area contributed by atoms with Crippen molar-refractivity contribution in [2.75, 3.05) is 6.54 Å². The monoisotopic (exact) mass is 328 g/mol. The Morgan fingerprint density at radius 3 is 2.86 bits per heavy atom. The highest BCUT2D eigenvalue weighted by Crippen LogP contribution is 2.15. The van der Waals surface area contributed by atoms with Crippen molar-refractivity contribution in [3.8, 4) is 0 Å². The van der Waals surface area contributed by atoms with E-state index >= 15 is 0 Å². The van der Waals surface area contributed by atoms with Gasteiger partial charge in [-0.3, -0.25) is 0 Å². The summed E-state index contributed by atoms with van der Waals surface area (Å²) in [6.07, 6.45) is 3.14. The molecule has 116 valence electrons. The summed E-state index contributed by atoms with van der Waals surface area (Å²) < 4.78 is 28.9. The van der Waals surface area contributed by atoms with Gasteiger partial charge in [0.25, 0.3) is 0 Å². The number of nitrogens with one attached hydrogen (secondary N) is 1. The molecule has 2 heterocycles. The van der Waals surface area contributed by atoms with E-state index in [1.807, 2.05) is 23.8 Å². The summed E-state index contributed by atoms with van der Waals surface area (Å²) >= 11 is 1.60. The Balaban J connectivity index is 2.04. The molecule has 2 aromatic heterocycles. The second-order valence-electron chi connectivity index (χ2n) is 4.80. The van der Waals surface area contributed by atoms with Crippen LogP contribution < -0.4 is 4.72 Å². The van der Waals surface area contributed by atoms with E-state index in [0.29, 0.717) is 25.2 Å². The zero-order valence-electron chi connectivity index (χ0n) is 11.9. The maximum absolute atomic E-state index is 12.2. The van der Waals surface area contributed by atoms with E-state index in [9.17, 15) is 13.5 Å². The quantitative estimate of drug-likeness (QED) is 0.778. The van der Waals surface area contributed by atoms with Gasteiger partial charge in [-0.1, -0.05) is 6.92 Å². The van der Waals surface area contributed by atoms with Crippen molar-refractivity contribution in [2.45, 2.75) is 37.8 Å². The van der Waals surface area contributed by atoms with Gasteiger partial charge in [-0.05, 0) is 41.3 Å². The van der Waals surface area contributed by atoms with Crippen molar-refractivity contribution in [3.63, 3.8) is 0 Å². The van der Waals surface area contributed by atoms with E-state index < -0.39 is 10.0 Å². The summed E-state index contributed by atoms with van der Waals surface area (Å²) in [4.78, 5) is 0.213. The molecule has 0 fully saturated rings. The molecule has 0 saturated heterocycles. The van der Waals surface area contributed by atoms with Gasteiger partial charge in [-0.25, -0.2) is 13.1 Å². The molecule has 0 amide bonds. The van der Waals surface area contributed by atoms with Crippen molar-refractivity contribution in [2.24, 2.45) is 0 Å². The second-order valence-corrected chi connectivity index (χ2v) is 7.35. The number of aliphatic hydroxyl groups is 1. The fraction of sp³-hybridized carbons (Fsp3) is 0.429. The lowest BCUT2D eigenvalue weighted by molar-refractivity contribution is 0.270. The van der Waals surface area contributed by atoms with Gasteiger partial charge < -0.3 is 9.67 Å². The van der Waals surface area contributed by atoms with E-state index in [0.717, 1.165) is 12.0 Å².